The van der Waals surface area contributed by atoms with Crippen LogP contribution in [0.5, 0.6) is 5.75 Å². The molecule has 2 N–H and O–H groups in total. The van der Waals surface area contributed by atoms with Gasteiger partial charge >= 0.3 is 0 Å². The molecule has 0 atom stereocenters. The zero-order chi connectivity index (χ0) is 13.9. The zero-order valence-electron chi connectivity index (χ0n) is 11.0. The summed E-state index contributed by atoms with van der Waals surface area (Å²) in [6, 6.07) is 11.8. The van der Waals surface area contributed by atoms with Gasteiger partial charge in [-0.05, 0) is 23.8 Å². The van der Waals surface area contributed by atoms with E-state index in [2.05, 4.69) is 15.5 Å². The van der Waals surface area contributed by atoms with Gasteiger partial charge in [-0.15, -0.1) is 0 Å². The number of ether oxygens (including phenoxy) is 1. The number of aromatic nitrogens is 2. The highest BCUT2D eigenvalue weighted by Gasteiger charge is 2.04. The lowest BCUT2D eigenvalue weighted by atomic mass is 10.2. The topological polar surface area (TPSA) is 49.9 Å². The Morgan fingerprint density at radius 3 is 3.00 bits per heavy atom. The van der Waals surface area contributed by atoms with Crippen molar-refractivity contribution in [1.82, 2.24) is 10.2 Å². The molecule has 4 nitrogen and oxygen atoms in total. The third kappa shape index (κ3) is 2.42. The number of H-pyrrole nitrogens is 1. The summed E-state index contributed by atoms with van der Waals surface area (Å²) in [7, 11) is 1.61. The molecule has 0 bridgehead atoms. The summed E-state index contributed by atoms with van der Waals surface area (Å²) in [5.41, 5.74) is 3.12. The fourth-order valence-electron chi connectivity index (χ4n) is 2.13. The lowest BCUT2D eigenvalue weighted by Gasteiger charge is -2.09. The molecular formula is C15H14ClN3O. The first-order valence-electron chi connectivity index (χ1n) is 6.26. The fourth-order valence-corrected chi connectivity index (χ4v) is 2.41. The van der Waals surface area contributed by atoms with Gasteiger partial charge in [-0.1, -0.05) is 29.8 Å². The lowest BCUT2D eigenvalue weighted by molar-refractivity contribution is 0.415. The number of nitrogens with one attached hydrogen (secondary N) is 2. The van der Waals surface area contributed by atoms with Crippen LogP contribution in [0.2, 0.25) is 5.02 Å². The van der Waals surface area contributed by atoms with E-state index >= 15 is 0 Å². The fraction of sp³-hybridized carbons (Fsp3) is 0.133. The Balaban J connectivity index is 1.79. The Kier molecular flexibility index (Phi) is 3.48. The van der Waals surface area contributed by atoms with E-state index in [1.165, 1.54) is 0 Å². The van der Waals surface area contributed by atoms with E-state index in [9.17, 15) is 0 Å². The maximum absolute atomic E-state index is 6.12. The number of benzene rings is 2. The molecular weight excluding hydrogens is 274 g/mol. The Labute approximate surface area is 121 Å². The number of nitrogens with zero attached hydrogens (tertiary/aromatic N) is 1. The number of rotatable bonds is 4. The summed E-state index contributed by atoms with van der Waals surface area (Å²) < 4.78 is 5.14. The number of anilines is 1. The average molecular weight is 288 g/mol. The standard InChI is InChI=1S/C15H14ClN3O/c1-20-14-6-5-10(7-12(14)16)8-17-13-4-2-3-11-9-18-19-15(11)13/h2-7,9,17H,8H2,1H3,(H,18,19). The van der Waals surface area contributed by atoms with Crippen LogP contribution in [0.4, 0.5) is 5.69 Å². The SMILES string of the molecule is COc1ccc(CNc2cccc3cn[nH]c23)cc1Cl. The van der Waals surface area contributed by atoms with Gasteiger partial charge < -0.3 is 10.1 Å². The molecule has 0 aliphatic heterocycles. The molecule has 0 saturated heterocycles. The molecule has 0 radical (unpaired) electrons. The quantitative estimate of drug-likeness (QED) is 0.766. The minimum atomic E-state index is 0.617. The van der Waals surface area contributed by atoms with Crippen molar-refractivity contribution in [1.29, 1.82) is 0 Å². The first-order chi connectivity index (χ1) is 9.78. The van der Waals surface area contributed by atoms with Gasteiger partial charge in [0.05, 0.1) is 29.5 Å². The molecule has 0 fully saturated rings. The van der Waals surface area contributed by atoms with Crippen molar-refractivity contribution in [2.45, 2.75) is 6.54 Å². The van der Waals surface area contributed by atoms with Gasteiger partial charge in [0.15, 0.2) is 0 Å². The van der Waals surface area contributed by atoms with Crippen molar-refractivity contribution in [3.8, 4) is 5.75 Å². The van der Waals surface area contributed by atoms with Crippen molar-refractivity contribution in [3.05, 3.63) is 53.2 Å². The second-order valence-corrected chi connectivity index (χ2v) is 4.87. The van der Waals surface area contributed by atoms with Crippen LogP contribution < -0.4 is 10.1 Å². The minimum absolute atomic E-state index is 0.617. The van der Waals surface area contributed by atoms with Crippen LogP contribution in [0.1, 0.15) is 5.56 Å². The molecule has 0 unspecified atom stereocenters. The summed E-state index contributed by atoms with van der Waals surface area (Å²) in [6.45, 7) is 0.682. The Morgan fingerprint density at radius 2 is 2.20 bits per heavy atom. The van der Waals surface area contributed by atoms with Gasteiger partial charge in [0.1, 0.15) is 5.75 Å². The number of para-hydroxylation sites is 1. The van der Waals surface area contributed by atoms with E-state index in [0.29, 0.717) is 17.3 Å². The summed E-state index contributed by atoms with van der Waals surface area (Å²) in [4.78, 5) is 0. The smallest absolute Gasteiger partial charge is 0.137 e. The number of fused-ring (bicyclic) bond motifs is 1. The van der Waals surface area contributed by atoms with Crippen LogP contribution in [0.3, 0.4) is 0 Å². The lowest BCUT2D eigenvalue weighted by Crippen LogP contribution is -2.00. The maximum atomic E-state index is 6.12. The average Bonchev–Trinajstić information content (AvgIpc) is 2.94. The van der Waals surface area contributed by atoms with Crippen LogP contribution in [0, 0.1) is 0 Å². The first kappa shape index (κ1) is 12.8. The van der Waals surface area contributed by atoms with Crippen molar-refractivity contribution in [2.24, 2.45) is 0 Å². The Hall–Kier alpha value is -2.20. The van der Waals surface area contributed by atoms with Gasteiger partial charge in [-0.25, -0.2) is 0 Å². The number of halogens is 1. The number of aromatic amines is 1. The molecule has 5 heteroatoms. The summed E-state index contributed by atoms with van der Waals surface area (Å²) in [6.07, 6.45) is 1.81. The molecule has 0 saturated carbocycles. The number of hydrogen-bond donors (Lipinski definition) is 2. The second-order valence-electron chi connectivity index (χ2n) is 4.46. The highest BCUT2D eigenvalue weighted by molar-refractivity contribution is 6.32. The maximum Gasteiger partial charge on any atom is 0.137 e. The van der Waals surface area contributed by atoms with Gasteiger partial charge in [0.25, 0.3) is 0 Å². The summed E-state index contributed by atoms with van der Waals surface area (Å²) in [5.74, 6) is 0.686. The normalized spacial score (nSPS) is 10.7. The van der Waals surface area contributed by atoms with Gasteiger partial charge in [-0.2, -0.15) is 5.10 Å². The first-order valence-corrected chi connectivity index (χ1v) is 6.64. The predicted octanol–water partition coefficient (Wildman–Crippen LogP) is 3.84. The third-order valence-corrected chi connectivity index (χ3v) is 3.47. The van der Waals surface area contributed by atoms with E-state index in [1.807, 2.05) is 42.6 Å². The predicted molar refractivity (Wildman–Crippen MR) is 81.4 cm³/mol. The van der Waals surface area contributed by atoms with Crippen LogP contribution in [0.25, 0.3) is 10.9 Å². The largest absolute Gasteiger partial charge is 0.495 e. The van der Waals surface area contributed by atoms with Gasteiger partial charge in [-0.3, -0.25) is 5.10 Å². The third-order valence-electron chi connectivity index (χ3n) is 3.18. The van der Waals surface area contributed by atoms with Gasteiger partial charge in [0, 0.05) is 11.9 Å². The molecule has 0 spiro atoms. The molecule has 3 rings (SSSR count). The van der Waals surface area contributed by atoms with Crippen molar-refractivity contribution in [2.75, 3.05) is 12.4 Å². The van der Waals surface area contributed by atoms with Crippen LogP contribution >= 0.6 is 11.6 Å². The number of methoxy groups -OCH3 is 1. The highest BCUT2D eigenvalue weighted by atomic mass is 35.5. The molecule has 0 aliphatic rings. The molecule has 3 aromatic rings. The highest BCUT2D eigenvalue weighted by Crippen LogP contribution is 2.26. The van der Waals surface area contributed by atoms with E-state index in [0.717, 1.165) is 22.2 Å². The van der Waals surface area contributed by atoms with Crippen LogP contribution in [-0.2, 0) is 6.54 Å². The zero-order valence-corrected chi connectivity index (χ0v) is 11.7. The van der Waals surface area contributed by atoms with Gasteiger partial charge in [0.2, 0.25) is 0 Å². The van der Waals surface area contributed by atoms with E-state index in [4.69, 9.17) is 16.3 Å². The Morgan fingerprint density at radius 1 is 1.30 bits per heavy atom. The summed E-state index contributed by atoms with van der Waals surface area (Å²) in [5, 5.41) is 12.1. The molecule has 0 amide bonds. The molecule has 102 valence electrons. The van der Waals surface area contributed by atoms with E-state index in [-0.39, 0.29) is 0 Å². The molecule has 20 heavy (non-hydrogen) atoms. The van der Waals surface area contributed by atoms with E-state index < -0.39 is 0 Å². The molecule has 1 heterocycles. The molecule has 1 aromatic heterocycles. The Bertz CT molecular complexity index is 739. The van der Waals surface area contributed by atoms with E-state index in [1.54, 1.807) is 7.11 Å². The van der Waals surface area contributed by atoms with Crippen molar-refractivity contribution < 1.29 is 4.74 Å². The monoisotopic (exact) mass is 287 g/mol. The summed E-state index contributed by atoms with van der Waals surface area (Å²) >= 11 is 6.12. The van der Waals surface area contributed by atoms with Crippen molar-refractivity contribution >= 4 is 28.2 Å². The minimum Gasteiger partial charge on any atom is -0.495 e. The number of hydrogen-bond acceptors (Lipinski definition) is 3. The van der Waals surface area contributed by atoms with Crippen molar-refractivity contribution in [3.63, 3.8) is 0 Å². The molecule has 2 aromatic carbocycles. The van der Waals surface area contributed by atoms with Crippen LogP contribution in [-0.4, -0.2) is 17.3 Å². The van der Waals surface area contributed by atoms with Crippen LogP contribution in [0.15, 0.2) is 42.6 Å². The molecule has 0 aliphatic carbocycles. The second kappa shape index (κ2) is 5.43.